The molecular weight excluding hydrogens is 404 g/mol. The van der Waals surface area contributed by atoms with E-state index in [-0.39, 0.29) is 22.5 Å². The van der Waals surface area contributed by atoms with Gasteiger partial charge in [-0.2, -0.15) is 0 Å². The van der Waals surface area contributed by atoms with E-state index < -0.39 is 16.1 Å². The second-order valence-electron chi connectivity index (χ2n) is 7.36. The van der Waals surface area contributed by atoms with Gasteiger partial charge in [0.1, 0.15) is 11.9 Å². The van der Waals surface area contributed by atoms with Gasteiger partial charge in [0.2, 0.25) is 11.8 Å². The van der Waals surface area contributed by atoms with Crippen LogP contribution in [-0.2, 0) is 26.2 Å². The average Bonchev–Trinajstić information content (AvgIpc) is 3.22. The third-order valence-electron chi connectivity index (χ3n) is 5.10. The third kappa shape index (κ3) is 4.06. The zero-order valence-corrected chi connectivity index (χ0v) is 17.3. The van der Waals surface area contributed by atoms with Gasteiger partial charge < -0.3 is 10.2 Å². The van der Waals surface area contributed by atoms with E-state index in [1.54, 1.807) is 36.1 Å². The summed E-state index contributed by atoms with van der Waals surface area (Å²) in [5.41, 5.74) is 1.98. The van der Waals surface area contributed by atoms with Gasteiger partial charge in [0.15, 0.2) is 0 Å². The Labute approximate surface area is 175 Å². The number of aliphatic imine (C=N–C) groups is 1. The van der Waals surface area contributed by atoms with Crippen LogP contribution in [0.25, 0.3) is 0 Å². The lowest BCUT2D eigenvalue weighted by molar-refractivity contribution is -0.128. The molecule has 2 N–H and O–H groups in total. The van der Waals surface area contributed by atoms with Crippen molar-refractivity contribution >= 4 is 33.4 Å². The van der Waals surface area contributed by atoms with Gasteiger partial charge in [0, 0.05) is 30.8 Å². The molecule has 1 atom stereocenters. The molecule has 0 unspecified atom stereocenters. The number of sulfonamides is 1. The highest BCUT2D eigenvalue weighted by molar-refractivity contribution is 7.90. The number of hydrogen-bond acceptors (Lipinski definition) is 5. The molecule has 9 heteroatoms. The lowest BCUT2D eigenvalue weighted by Gasteiger charge is -2.16. The van der Waals surface area contributed by atoms with Crippen LogP contribution >= 0.6 is 0 Å². The number of fused-ring (bicyclic) bond motifs is 1. The zero-order chi connectivity index (χ0) is 21.3. The fourth-order valence-corrected chi connectivity index (χ4v) is 4.81. The Bertz CT molecular complexity index is 1140. The van der Waals surface area contributed by atoms with Crippen molar-refractivity contribution in [1.29, 1.82) is 0 Å². The summed E-state index contributed by atoms with van der Waals surface area (Å²) in [5.74, 6) is -0.0526. The first kappa shape index (κ1) is 20.1. The Kier molecular flexibility index (Phi) is 5.29. The second kappa shape index (κ2) is 7.91. The van der Waals surface area contributed by atoms with Gasteiger partial charge in [-0.15, -0.1) is 0 Å². The first-order chi connectivity index (χ1) is 14.3. The molecule has 2 aromatic rings. The lowest BCUT2D eigenvalue weighted by atomic mass is 10.1. The summed E-state index contributed by atoms with van der Waals surface area (Å²) >= 11 is 0. The first-order valence-electron chi connectivity index (χ1n) is 9.71. The summed E-state index contributed by atoms with van der Waals surface area (Å²) in [6, 6.07) is 13.0. The maximum absolute atomic E-state index is 12.6. The van der Waals surface area contributed by atoms with Gasteiger partial charge >= 0.3 is 0 Å². The van der Waals surface area contributed by atoms with Gasteiger partial charge in [0.05, 0.1) is 4.90 Å². The van der Waals surface area contributed by atoms with E-state index in [1.807, 2.05) is 18.2 Å². The number of anilines is 1. The molecule has 2 aliphatic heterocycles. The van der Waals surface area contributed by atoms with Crippen LogP contribution in [0.3, 0.4) is 0 Å². The van der Waals surface area contributed by atoms with Gasteiger partial charge in [-0.25, -0.2) is 8.42 Å². The number of nitrogens with one attached hydrogen (secondary N) is 2. The summed E-state index contributed by atoms with van der Waals surface area (Å²) in [6.07, 6.45) is 1.46. The highest BCUT2D eigenvalue weighted by atomic mass is 32.2. The van der Waals surface area contributed by atoms with E-state index in [1.165, 1.54) is 6.07 Å². The molecule has 0 saturated carbocycles. The summed E-state index contributed by atoms with van der Waals surface area (Å²) in [5, 5.41) is 2.81. The molecule has 2 aliphatic rings. The van der Waals surface area contributed by atoms with Crippen molar-refractivity contribution in [3.63, 3.8) is 0 Å². The molecule has 2 aromatic carbocycles. The highest BCUT2D eigenvalue weighted by Crippen LogP contribution is 2.23. The van der Waals surface area contributed by atoms with E-state index in [9.17, 15) is 18.0 Å². The van der Waals surface area contributed by atoms with Gasteiger partial charge in [-0.3, -0.25) is 19.3 Å². The molecule has 156 valence electrons. The normalized spacial score (nSPS) is 19.4. The minimum atomic E-state index is -3.65. The van der Waals surface area contributed by atoms with E-state index in [0.717, 1.165) is 18.5 Å². The fraction of sp³-hybridized carbons (Fsp3) is 0.286. The molecule has 1 fully saturated rings. The van der Waals surface area contributed by atoms with E-state index in [2.05, 4.69) is 15.0 Å². The quantitative estimate of drug-likeness (QED) is 0.761. The number of rotatable bonds is 5. The monoisotopic (exact) mass is 426 g/mol. The maximum Gasteiger partial charge on any atom is 0.263 e. The van der Waals surface area contributed by atoms with Crippen molar-refractivity contribution in [2.24, 2.45) is 4.99 Å². The van der Waals surface area contributed by atoms with Crippen LogP contribution in [0.4, 0.5) is 5.69 Å². The molecule has 1 saturated heterocycles. The predicted octanol–water partition coefficient (Wildman–Crippen LogP) is 1.87. The van der Waals surface area contributed by atoms with Crippen LogP contribution in [0.2, 0.25) is 0 Å². The Morgan fingerprint density at radius 1 is 1.23 bits per heavy atom. The van der Waals surface area contributed by atoms with Crippen molar-refractivity contribution < 1.29 is 18.0 Å². The Hall–Kier alpha value is -3.20. The molecule has 30 heavy (non-hydrogen) atoms. The standard InChI is InChI=1S/C21H22N4O4S/c1-14(22-20-17-8-2-3-9-18(17)30(28,29)24-20)21(27)23-16-7-4-6-15(12-16)13-25-11-5-10-19(25)26/h2-4,6-9,12,14H,5,10-11,13H2,1H3,(H,22,24)(H,23,27)/t14-/m0/s1. The molecule has 4 rings (SSSR count). The SMILES string of the molecule is C[C@H](N=C1NS(=O)(=O)c2ccccc21)C(=O)Nc1cccc(CN2CCCC2=O)c1. The number of nitrogens with zero attached hydrogens (tertiary/aromatic N) is 2. The van der Waals surface area contributed by atoms with Crippen LogP contribution in [0.15, 0.2) is 58.4 Å². The Morgan fingerprint density at radius 3 is 2.80 bits per heavy atom. The van der Waals surface area contributed by atoms with Crippen LogP contribution in [-0.4, -0.2) is 43.6 Å². The molecule has 8 nitrogen and oxygen atoms in total. The van der Waals surface area contributed by atoms with Crippen molar-refractivity contribution in [2.75, 3.05) is 11.9 Å². The zero-order valence-electron chi connectivity index (χ0n) is 16.5. The number of likely N-dealkylation sites (tertiary alicyclic amines) is 1. The molecule has 0 bridgehead atoms. The summed E-state index contributed by atoms with van der Waals surface area (Å²) in [4.78, 5) is 30.7. The second-order valence-corrected chi connectivity index (χ2v) is 9.01. The third-order valence-corrected chi connectivity index (χ3v) is 6.50. The molecule has 0 radical (unpaired) electrons. The topological polar surface area (TPSA) is 108 Å². The molecule has 0 aromatic heterocycles. The molecule has 0 spiro atoms. The van der Waals surface area contributed by atoms with Crippen LogP contribution < -0.4 is 10.0 Å². The van der Waals surface area contributed by atoms with Crippen molar-refractivity contribution in [1.82, 2.24) is 9.62 Å². The van der Waals surface area contributed by atoms with Gasteiger partial charge in [-0.1, -0.05) is 24.3 Å². The molecular formula is C21H22N4O4S. The molecule has 0 aliphatic carbocycles. The number of benzene rings is 2. The van der Waals surface area contributed by atoms with E-state index >= 15 is 0 Å². The van der Waals surface area contributed by atoms with Crippen LogP contribution in [0, 0.1) is 0 Å². The number of amides is 2. The van der Waals surface area contributed by atoms with Crippen LogP contribution in [0.5, 0.6) is 0 Å². The average molecular weight is 426 g/mol. The predicted molar refractivity (Wildman–Crippen MR) is 112 cm³/mol. The van der Waals surface area contributed by atoms with Crippen LogP contribution in [0.1, 0.15) is 30.9 Å². The number of amidine groups is 1. The smallest absolute Gasteiger partial charge is 0.263 e. The number of hydrogen-bond donors (Lipinski definition) is 2. The summed E-state index contributed by atoms with van der Waals surface area (Å²) < 4.78 is 26.8. The Balaban J connectivity index is 1.46. The molecule has 2 amide bonds. The van der Waals surface area contributed by atoms with Crippen molar-refractivity contribution in [3.8, 4) is 0 Å². The minimum absolute atomic E-state index is 0.146. The lowest BCUT2D eigenvalue weighted by Crippen LogP contribution is -2.29. The van der Waals surface area contributed by atoms with Gasteiger partial charge in [-0.05, 0) is 43.2 Å². The van der Waals surface area contributed by atoms with Crippen molar-refractivity contribution in [3.05, 3.63) is 59.7 Å². The number of carbonyl (C=O) groups is 2. The minimum Gasteiger partial charge on any atom is -0.338 e. The summed E-state index contributed by atoms with van der Waals surface area (Å²) in [6.45, 7) is 2.87. The van der Waals surface area contributed by atoms with E-state index in [0.29, 0.717) is 24.2 Å². The maximum atomic E-state index is 12.6. The van der Waals surface area contributed by atoms with Crippen molar-refractivity contribution in [2.45, 2.75) is 37.2 Å². The fourth-order valence-electron chi connectivity index (χ4n) is 3.57. The van der Waals surface area contributed by atoms with E-state index in [4.69, 9.17) is 0 Å². The summed E-state index contributed by atoms with van der Waals surface area (Å²) in [7, 11) is -3.65. The number of carbonyl (C=O) groups excluding carboxylic acids is 2. The highest BCUT2D eigenvalue weighted by Gasteiger charge is 2.31. The molecule has 2 heterocycles. The Morgan fingerprint density at radius 2 is 2.03 bits per heavy atom. The largest absolute Gasteiger partial charge is 0.338 e. The van der Waals surface area contributed by atoms with Gasteiger partial charge in [0.25, 0.3) is 10.0 Å². The first-order valence-corrected chi connectivity index (χ1v) is 11.2.